The van der Waals surface area contributed by atoms with Gasteiger partial charge >= 0.3 is 0 Å². The molecule has 1 fully saturated rings. The summed E-state index contributed by atoms with van der Waals surface area (Å²) in [6, 6.07) is 7.09. The number of amides is 2. The number of nitrogens with zero attached hydrogens (tertiary/aromatic N) is 2. The van der Waals surface area contributed by atoms with E-state index in [0.717, 1.165) is 28.6 Å². The zero-order valence-electron chi connectivity index (χ0n) is 15.3. The number of benzene rings is 1. The van der Waals surface area contributed by atoms with Gasteiger partial charge in [0.05, 0.1) is 6.42 Å². The third kappa shape index (κ3) is 5.64. The Morgan fingerprint density at radius 2 is 1.85 bits per heavy atom. The second-order valence-corrected chi connectivity index (χ2v) is 8.17. The number of halogens is 1. The van der Waals surface area contributed by atoms with Gasteiger partial charge in [-0.15, -0.1) is 0 Å². The van der Waals surface area contributed by atoms with Crippen molar-refractivity contribution in [3.8, 4) is 0 Å². The van der Waals surface area contributed by atoms with E-state index in [0.29, 0.717) is 5.11 Å². The van der Waals surface area contributed by atoms with Crippen LogP contribution in [0.4, 0.5) is 5.69 Å². The molecule has 0 aromatic heterocycles. The molecule has 2 amide bonds. The van der Waals surface area contributed by atoms with Gasteiger partial charge in [-0.2, -0.15) is 0 Å². The molecule has 0 saturated carbocycles. The minimum absolute atomic E-state index is 0.0960. The maximum absolute atomic E-state index is 12.5. The van der Waals surface area contributed by atoms with Crippen molar-refractivity contribution in [1.29, 1.82) is 0 Å². The first-order valence-electron chi connectivity index (χ1n) is 9.07. The van der Waals surface area contributed by atoms with Crippen LogP contribution in [-0.2, 0) is 9.59 Å². The van der Waals surface area contributed by atoms with Crippen molar-refractivity contribution in [2.24, 2.45) is 0 Å². The highest BCUT2D eigenvalue weighted by molar-refractivity contribution is 14.1. The fourth-order valence-corrected chi connectivity index (χ4v) is 3.70. The van der Waals surface area contributed by atoms with E-state index in [4.69, 9.17) is 12.2 Å². The molecule has 1 N–H and O–H groups in total. The van der Waals surface area contributed by atoms with Gasteiger partial charge in [0.1, 0.15) is 6.04 Å². The van der Waals surface area contributed by atoms with Crippen LogP contribution in [0.1, 0.15) is 45.4 Å². The summed E-state index contributed by atoms with van der Waals surface area (Å²) in [5, 5.41) is 3.39. The smallest absolute Gasteiger partial charge is 0.251 e. The summed E-state index contributed by atoms with van der Waals surface area (Å²) in [6.45, 7) is 2.91. The van der Waals surface area contributed by atoms with Gasteiger partial charge in [-0.25, -0.2) is 0 Å². The number of unbranched alkanes of at least 4 members (excludes halogenated alkanes) is 4. The molecule has 0 radical (unpaired) electrons. The first-order chi connectivity index (χ1) is 12.4. The molecule has 1 heterocycles. The maximum atomic E-state index is 12.5. The van der Waals surface area contributed by atoms with Gasteiger partial charge < -0.3 is 10.2 Å². The monoisotopic (exact) mass is 487 g/mol. The van der Waals surface area contributed by atoms with Crippen molar-refractivity contribution < 1.29 is 9.59 Å². The van der Waals surface area contributed by atoms with Gasteiger partial charge in [0.15, 0.2) is 5.11 Å². The highest BCUT2D eigenvalue weighted by Gasteiger charge is 2.40. The van der Waals surface area contributed by atoms with E-state index in [2.05, 4.69) is 34.8 Å². The van der Waals surface area contributed by atoms with E-state index in [-0.39, 0.29) is 18.2 Å². The number of anilines is 1. The van der Waals surface area contributed by atoms with Crippen molar-refractivity contribution in [3.05, 3.63) is 27.8 Å². The molecule has 0 aliphatic carbocycles. The van der Waals surface area contributed by atoms with Crippen LogP contribution in [0.3, 0.4) is 0 Å². The zero-order chi connectivity index (χ0) is 19.1. The predicted molar refractivity (Wildman–Crippen MR) is 117 cm³/mol. The lowest BCUT2D eigenvalue weighted by molar-refractivity contribution is -0.130. The summed E-state index contributed by atoms with van der Waals surface area (Å²) in [6.07, 6.45) is 5.84. The molecule has 1 atom stereocenters. The Morgan fingerprint density at radius 1 is 1.19 bits per heavy atom. The van der Waals surface area contributed by atoms with Crippen LogP contribution in [0.2, 0.25) is 0 Å². The number of thiocarbonyl (C=S) groups is 1. The molecule has 1 aromatic rings. The van der Waals surface area contributed by atoms with E-state index >= 15 is 0 Å². The molecule has 5 nitrogen and oxygen atoms in total. The third-order valence-electron chi connectivity index (χ3n) is 4.53. The Hall–Kier alpha value is -1.22. The molecule has 26 heavy (non-hydrogen) atoms. The van der Waals surface area contributed by atoms with Gasteiger partial charge in [0.2, 0.25) is 5.91 Å². The van der Waals surface area contributed by atoms with Crippen molar-refractivity contribution in [1.82, 2.24) is 9.80 Å². The number of hydrogen-bond donors (Lipinski definition) is 1. The summed E-state index contributed by atoms with van der Waals surface area (Å²) < 4.78 is 1.10. The number of nitrogens with one attached hydrogen (secondary N) is 1. The largest absolute Gasteiger partial charge is 0.336 e. The zero-order valence-corrected chi connectivity index (χ0v) is 18.3. The number of carbonyl (C=O) groups excluding carboxylic acids is 2. The van der Waals surface area contributed by atoms with Crippen molar-refractivity contribution in [2.45, 2.75) is 51.5 Å². The van der Waals surface area contributed by atoms with E-state index in [1.54, 1.807) is 7.05 Å². The van der Waals surface area contributed by atoms with Crippen molar-refractivity contribution >= 4 is 57.4 Å². The quantitative estimate of drug-likeness (QED) is 0.325. The predicted octanol–water partition coefficient (Wildman–Crippen LogP) is 4.02. The Kier molecular flexibility index (Phi) is 8.27. The lowest BCUT2D eigenvalue weighted by Gasteiger charge is -2.23. The van der Waals surface area contributed by atoms with Crippen LogP contribution in [0, 0.1) is 3.57 Å². The van der Waals surface area contributed by atoms with Crippen LogP contribution in [0.15, 0.2) is 24.3 Å². The molecular formula is C19H26IN3O2S. The van der Waals surface area contributed by atoms with Crippen LogP contribution >= 0.6 is 34.8 Å². The first kappa shape index (κ1) is 21.1. The number of rotatable bonds is 9. The van der Waals surface area contributed by atoms with Gasteiger partial charge in [-0.3, -0.25) is 14.5 Å². The average Bonchev–Trinajstić information content (AvgIpc) is 2.81. The van der Waals surface area contributed by atoms with Crippen LogP contribution in [0.25, 0.3) is 0 Å². The summed E-state index contributed by atoms with van der Waals surface area (Å²) >= 11 is 7.63. The van der Waals surface area contributed by atoms with Gasteiger partial charge in [-0.05, 0) is 65.5 Å². The van der Waals surface area contributed by atoms with E-state index in [9.17, 15) is 9.59 Å². The van der Waals surface area contributed by atoms with Gasteiger partial charge in [0, 0.05) is 22.8 Å². The summed E-state index contributed by atoms with van der Waals surface area (Å²) in [5.74, 6) is -0.264. The molecule has 1 aliphatic heterocycles. The molecule has 1 aliphatic rings. The summed E-state index contributed by atoms with van der Waals surface area (Å²) in [4.78, 5) is 28.3. The Labute approximate surface area is 174 Å². The summed E-state index contributed by atoms with van der Waals surface area (Å²) in [5.41, 5.74) is 0.739. The number of likely N-dealkylation sites (N-methyl/N-ethyl adjacent to an activating group) is 1. The van der Waals surface area contributed by atoms with Crippen LogP contribution in [-0.4, -0.2) is 46.4 Å². The summed E-state index contributed by atoms with van der Waals surface area (Å²) in [7, 11) is 1.69. The maximum Gasteiger partial charge on any atom is 0.251 e. The molecule has 1 unspecified atom stereocenters. The SMILES string of the molecule is CCCCCCCN1C(=S)N(C)C(=O)C1CC(=O)Nc1ccc(I)cc1. The Balaban J connectivity index is 1.94. The highest BCUT2D eigenvalue weighted by Crippen LogP contribution is 2.21. The highest BCUT2D eigenvalue weighted by atomic mass is 127. The lowest BCUT2D eigenvalue weighted by Crippen LogP contribution is -2.38. The topological polar surface area (TPSA) is 52.7 Å². The second kappa shape index (κ2) is 10.2. The van der Waals surface area contributed by atoms with E-state index in [1.165, 1.54) is 24.2 Å². The standard InChI is InChI=1S/C19H26IN3O2S/c1-3-4-5-6-7-12-23-16(18(25)22(2)19(23)26)13-17(24)21-15-10-8-14(20)9-11-15/h8-11,16H,3-7,12-13H2,1-2H3,(H,21,24). The Bertz CT molecular complexity index is 651. The van der Waals surface area contributed by atoms with Gasteiger partial charge in [0.25, 0.3) is 5.91 Å². The minimum atomic E-state index is -0.498. The van der Waals surface area contributed by atoms with Gasteiger partial charge in [-0.1, -0.05) is 32.6 Å². The van der Waals surface area contributed by atoms with Crippen molar-refractivity contribution in [2.75, 3.05) is 18.9 Å². The van der Waals surface area contributed by atoms with Crippen molar-refractivity contribution in [3.63, 3.8) is 0 Å². The molecule has 2 rings (SSSR count). The molecule has 1 saturated heterocycles. The molecule has 7 heteroatoms. The molecule has 0 spiro atoms. The number of hydrogen-bond acceptors (Lipinski definition) is 3. The Morgan fingerprint density at radius 3 is 2.50 bits per heavy atom. The molecule has 1 aromatic carbocycles. The molecular weight excluding hydrogens is 461 g/mol. The van der Waals surface area contributed by atoms with E-state index in [1.807, 2.05) is 29.2 Å². The average molecular weight is 487 g/mol. The van der Waals surface area contributed by atoms with Crippen LogP contribution < -0.4 is 5.32 Å². The fourth-order valence-electron chi connectivity index (χ4n) is 3.03. The number of carbonyl (C=O) groups is 2. The fraction of sp³-hybridized carbons (Fsp3) is 0.526. The van der Waals surface area contributed by atoms with E-state index < -0.39 is 6.04 Å². The molecule has 0 bridgehead atoms. The first-order valence-corrected chi connectivity index (χ1v) is 10.6. The minimum Gasteiger partial charge on any atom is -0.336 e. The normalized spacial score (nSPS) is 17.1. The lowest BCUT2D eigenvalue weighted by atomic mass is 10.1. The third-order valence-corrected chi connectivity index (χ3v) is 5.76. The molecule has 142 valence electrons. The van der Waals surface area contributed by atoms with Crippen LogP contribution in [0.5, 0.6) is 0 Å². The second-order valence-electron chi connectivity index (χ2n) is 6.56.